The van der Waals surface area contributed by atoms with E-state index in [4.69, 9.17) is 34.0 Å². The number of ether oxygens (including phenoxy) is 3. The van der Waals surface area contributed by atoms with E-state index < -0.39 is 11.9 Å². The number of carboxylic acid groups (broad SMARTS) is 2. The van der Waals surface area contributed by atoms with Gasteiger partial charge in [-0.15, -0.1) is 0 Å². The van der Waals surface area contributed by atoms with Crippen LogP contribution in [0.5, 0.6) is 11.5 Å². The summed E-state index contributed by atoms with van der Waals surface area (Å²) in [6, 6.07) is 28.3. The smallest absolute Gasteiger partial charge is 0.414 e. The number of methoxy groups -OCH3 is 1. The molecule has 0 bridgehead atoms. The molecular weight excluding hydrogens is 438 g/mol. The maximum absolute atomic E-state index is 9.10. The second-order valence-corrected chi connectivity index (χ2v) is 6.93. The van der Waals surface area contributed by atoms with E-state index in [2.05, 4.69) is 29.6 Å². The van der Waals surface area contributed by atoms with E-state index in [1.807, 2.05) is 60.7 Å². The molecule has 8 heteroatoms. The molecule has 0 aliphatic heterocycles. The molecule has 0 unspecified atom stereocenters. The molecule has 3 N–H and O–H groups in total. The lowest BCUT2D eigenvalue weighted by atomic mass is 10.0. The molecule has 34 heavy (non-hydrogen) atoms. The van der Waals surface area contributed by atoms with Gasteiger partial charge in [-0.2, -0.15) is 0 Å². The van der Waals surface area contributed by atoms with Crippen LogP contribution in [0.25, 0.3) is 0 Å². The van der Waals surface area contributed by atoms with E-state index in [9.17, 15) is 0 Å². The van der Waals surface area contributed by atoms with E-state index >= 15 is 0 Å². The fourth-order valence-electron chi connectivity index (χ4n) is 2.99. The zero-order valence-electron chi connectivity index (χ0n) is 18.9. The Morgan fingerprint density at radius 2 is 1.21 bits per heavy atom. The van der Waals surface area contributed by atoms with Crippen LogP contribution in [0.1, 0.15) is 17.2 Å². The van der Waals surface area contributed by atoms with Gasteiger partial charge in [0.15, 0.2) is 11.5 Å². The first kappa shape index (κ1) is 26.4. The van der Waals surface area contributed by atoms with Crippen LogP contribution in [0.2, 0.25) is 0 Å². The molecule has 0 atom stereocenters. The second kappa shape index (κ2) is 15.0. The molecule has 180 valence electrons. The van der Waals surface area contributed by atoms with Gasteiger partial charge < -0.3 is 29.7 Å². The standard InChI is InChI=1S/C24H27NO3.C2H2O4/c1-26-22-14-8-9-15-23(22)27-18-16-25-17-19-28-24(20-10-4-2-5-11-20)21-12-6-3-7-13-21;3-1(4)2(5)6/h2-15,24-25H,16-19H2,1H3;(H,3,4)(H,5,6). The van der Waals surface area contributed by atoms with Gasteiger partial charge in [0.1, 0.15) is 12.7 Å². The van der Waals surface area contributed by atoms with Crippen LogP contribution in [-0.4, -0.2) is 55.6 Å². The molecule has 8 nitrogen and oxygen atoms in total. The Morgan fingerprint density at radius 3 is 1.71 bits per heavy atom. The zero-order valence-corrected chi connectivity index (χ0v) is 18.9. The number of para-hydroxylation sites is 2. The summed E-state index contributed by atoms with van der Waals surface area (Å²) in [6.45, 7) is 2.68. The minimum Gasteiger partial charge on any atom is -0.493 e. The first-order chi connectivity index (χ1) is 16.5. The summed E-state index contributed by atoms with van der Waals surface area (Å²) >= 11 is 0. The lowest BCUT2D eigenvalue weighted by Crippen LogP contribution is -2.25. The van der Waals surface area contributed by atoms with Gasteiger partial charge in [-0.25, -0.2) is 9.59 Å². The summed E-state index contributed by atoms with van der Waals surface area (Å²) in [5.41, 5.74) is 2.32. The van der Waals surface area contributed by atoms with Crippen molar-refractivity contribution < 1.29 is 34.0 Å². The summed E-state index contributed by atoms with van der Waals surface area (Å²) in [5, 5.41) is 18.1. The lowest BCUT2D eigenvalue weighted by Gasteiger charge is -2.19. The summed E-state index contributed by atoms with van der Waals surface area (Å²) in [7, 11) is 1.65. The van der Waals surface area contributed by atoms with Crippen LogP contribution in [0.3, 0.4) is 0 Å². The van der Waals surface area contributed by atoms with Crippen LogP contribution in [-0.2, 0) is 14.3 Å². The van der Waals surface area contributed by atoms with E-state index in [-0.39, 0.29) is 6.10 Å². The molecule has 0 aromatic heterocycles. The summed E-state index contributed by atoms with van der Waals surface area (Å²) in [4.78, 5) is 18.2. The molecule has 0 heterocycles. The van der Waals surface area contributed by atoms with Crippen molar-refractivity contribution in [3.8, 4) is 11.5 Å². The maximum atomic E-state index is 9.10. The summed E-state index contributed by atoms with van der Waals surface area (Å²) < 4.78 is 17.2. The van der Waals surface area contributed by atoms with Gasteiger partial charge in [0, 0.05) is 13.1 Å². The maximum Gasteiger partial charge on any atom is 0.414 e. The number of benzene rings is 3. The molecule has 0 spiro atoms. The molecular formula is C26H29NO7. The Morgan fingerprint density at radius 1 is 0.735 bits per heavy atom. The SMILES string of the molecule is COc1ccccc1OCCNCCOC(c1ccccc1)c1ccccc1.O=C(O)C(=O)O. The van der Waals surface area contributed by atoms with Crippen molar-refractivity contribution in [2.24, 2.45) is 0 Å². The third-order valence-electron chi connectivity index (χ3n) is 4.56. The minimum absolute atomic E-state index is 0.0611. The number of rotatable bonds is 11. The van der Waals surface area contributed by atoms with Crippen LogP contribution in [0.15, 0.2) is 84.9 Å². The Bertz CT molecular complexity index is 945. The molecule has 0 amide bonds. The quantitative estimate of drug-likeness (QED) is 0.289. The highest BCUT2D eigenvalue weighted by Gasteiger charge is 2.13. The van der Waals surface area contributed by atoms with E-state index in [0.29, 0.717) is 13.2 Å². The molecule has 0 radical (unpaired) electrons. The van der Waals surface area contributed by atoms with Gasteiger partial charge in [-0.3, -0.25) is 0 Å². The molecule has 3 rings (SSSR count). The topological polar surface area (TPSA) is 114 Å². The van der Waals surface area contributed by atoms with E-state index in [0.717, 1.165) is 35.7 Å². The van der Waals surface area contributed by atoms with Crippen molar-refractivity contribution >= 4 is 11.9 Å². The number of aliphatic carboxylic acids is 2. The van der Waals surface area contributed by atoms with Crippen molar-refractivity contribution in [2.75, 3.05) is 33.4 Å². The third-order valence-corrected chi connectivity index (χ3v) is 4.56. The van der Waals surface area contributed by atoms with Gasteiger partial charge in [-0.05, 0) is 23.3 Å². The van der Waals surface area contributed by atoms with Crippen LogP contribution >= 0.6 is 0 Å². The predicted molar refractivity (Wildman–Crippen MR) is 127 cm³/mol. The van der Waals surface area contributed by atoms with Crippen LogP contribution in [0, 0.1) is 0 Å². The largest absolute Gasteiger partial charge is 0.493 e. The number of carboxylic acids is 2. The number of hydrogen-bond acceptors (Lipinski definition) is 6. The number of nitrogens with one attached hydrogen (secondary N) is 1. The van der Waals surface area contributed by atoms with Crippen molar-refractivity contribution in [3.05, 3.63) is 96.1 Å². The van der Waals surface area contributed by atoms with Gasteiger partial charge in [0.25, 0.3) is 0 Å². The Hall–Kier alpha value is -3.88. The second-order valence-electron chi connectivity index (χ2n) is 6.93. The Kier molecular flexibility index (Phi) is 11.7. The average Bonchev–Trinajstić information content (AvgIpc) is 2.87. The van der Waals surface area contributed by atoms with Crippen molar-refractivity contribution in [3.63, 3.8) is 0 Å². The molecule has 0 fully saturated rings. The van der Waals surface area contributed by atoms with Gasteiger partial charge in [-0.1, -0.05) is 72.8 Å². The predicted octanol–water partition coefficient (Wildman–Crippen LogP) is 3.63. The fraction of sp³-hybridized carbons (Fsp3) is 0.231. The van der Waals surface area contributed by atoms with Crippen molar-refractivity contribution in [1.82, 2.24) is 5.32 Å². The highest BCUT2D eigenvalue weighted by Crippen LogP contribution is 2.26. The molecule has 0 aliphatic rings. The zero-order chi connectivity index (χ0) is 24.6. The molecule has 0 saturated heterocycles. The molecule has 0 saturated carbocycles. The molecule has 3 aromatic carbocycles. The van der Waals surface area contributed by atoms with Gasteiger partial charge in [0.05, 0.1) is 13.7 Å². The van der Waals surface area contributed by atoms with E-state index in [1.54, 1.807) is 7.11 Å². The average molecular weight is 468 g/mol. The number of hydrogen-bond donors (Lipinski definition) is 3. The highest BCUT2D eigenvalue weighted by molar-refractivity contribution is 6.27. The molecule has 0 aliphatic carbocycles. The van der Waals surface area contributed by atoms with Gasteiger partial charge in [0.2, 0.25) is 0 Å². The summed E-state index contributed by atoms with van der Waals surface area (Å²) in [5.74, 6) is -2.14. The number of carbonyl (C=O) groups is 2. The monoisotopic (exact) mass is 467 g/mol. The first-order valence-corrected chi connectivity index (χ1v) is 10.7. The third kappa shape index (κ3) is 9.32. The first-order valence-electron chi connectivity index (χ1n) is 10.7. The minimum atomic E-state index is -1.82. The van der Waals surface area contributed by atoms with Crippen LogP contribution < -0.4 is 14.8 Å². The Labute approximate surface area is 198 Å². The molecule has 3 aromatic rings. The lowest BCUT2D eigenvalue weighted by molar-refractivity contribution is -0.159. The summed E-state index contributed by atoms with van der Waals surface area (Å²) in [6.07, 6.45) is -0.0611. The normalized spacial score (nSPS) is 10.2. The van der Waals surface area contributed by atoms with Gasteiger partial charge >= 0.3 is 11.9 Å². The van der Waals surface area contributed by atoms with Crippen molar-refractivity contribution in [1.29, 1.82) is 0 Å². The fourth-order valence-corrected chi connectivity index (χ4v) is 2.99. The van der Waals surface area contributed by atoms with Crippen molar-refractivity contribution in [2.45, 2.75) is 6.10 Å². The van der Waals surface area contributed by atoms with Crippen LogP contribution in [0.4, 0.5) is 0 Å². The van der Waals surface area contributed by atoms with E-state index in [1.165, 1.54) is 0 Å². The highest BCUT2D eigenvalue weighted by atomic mass is 16.5. The Balaban J connectivity index is 0.000000604.